The molecule has 2 aromatic rings. The van der Waals surface area contributed by atoms with Crippen molar-refractivity contribution < 1.29 is 9.59 Å². The highest BCUT2D eigenvalue weighted by Crippen LogP contribution is 2.27. The van der Waals surface area contributed by atoms with E-state index in [0.717, 1.165) is 16.5 Å². The lowest BCUT2D eigenvalue weighted by atomic mass is 9.90. The van der Waals surface area contributed by atoms with Gasteiger partial charge in [0.2, 0.25) is 17.8 Å². The number of nitrogens with zero attached hydrogens (tertiary/aromatic N) is 2. The van der Waals surface area contributed by atoms with Gasteiger partial charge >= 0.3 is 0 Å². The normalized spacial score (nSPS) is 19.5. The summed E-state index contributed by atoms with van der Waals surface area (Å²) in [5.74, 6) is -0.522. The van der Waals surface area contributed by atoms with E-state index in [2.05, 4.69) is 15.3 Å². The minimum Gasteiger partial charge on any atom is -0.368 e. The number of amides is 2. The fourth-order valence-electron chi connectivity index (χ4n) is 2.29. The van der Waals surface area contributed by atoms with Crippen molar-refractivity contribution in [1.29, 1.82) is 0 Å². The summed E-state index contributed by atoms with van der Waals surface area (Å²) in [5.41, 5.74) is 7.12. The van der Waals surface area contributed by atoms with Crippen LogP contribution in [-0.2, 0) is 9.59 Å². The predicted molar refractivity (Wildman–Crippen MR) is 69.1 cm³/mol. The van der Waals surface area contributed by atoms with Gasteiger partial charge in [0.05, 0.1) is 11.4 Å². The topological polar surface area (TPSA) is 98.0 Å². The van der Waals surface area contributed by atoms with Gasteiger partial charge in [-0.05, 0) is 24.1 Å². The summed E-state index contributed by atoms with van der Waals surface area (Å²) < 4.78 is 0. The van der Waals surface area contributed by atoms with Gasteiger partial charge in [0.25, 0.3) is 0 Å². The minimum absolute atomic E-state index is 0.210. The van der Waals surface area contributed by atoms with E-state index in [1.54, 1.807) is 6.20 Å². The van der Waals surface area contributed by atoms with E-state index in [-0.39, 0.29) is 23.7 Å². The molecule has 1 aliphatic rings. The van der Waals surface area contributed by atoms with Gasteiger partial charge in [-0.2, -0.15) is 0 Å². The second-order valence-corrected chi connectivity index (χ2v) is 4.55. The Morgan fingerprint density at radius 3 is 2.95 bits per heavy atom. The molecule has 0 radical (unpaired) electrons. The number of benzene rings is 1. The van der Waals surface area contributed by atoms with Gasteiger partial charge in [-0.15, -0.1) is 0 Å². The van der Waals surface area contributed by atoms with Crippen LogP contribution in [0.4, 0.5) is 5.95 Å². The molecule has 1 aliphatic heterocycles. The first-order valence-electron chi connectivity index (χ1n) is 5.99. The Balaban J connectivity index is 1.99. The Labute approximate surface area is 109 Å². The first-order valence-corrected chi connectivity index (χ1v) is 5.99. The van der Waals surface area contributed by atoms with Crippen molar-refractivity contribution in [1.82, 2.24) is 15.3 Å². The van der Waals surface area contributed by atoms with Gasteiger partial charge in [0.15, 0.2) is 0 Å². The van der Waals surface area contributed by atoms with E-state index in [4.69, 9.17) is 5.73 Å². The first kappa shape index (κ1) is 11.6. The summed E-state index contributed by atoms with van der Waals surface area (Å²) in [4.78, 5) is 31.0. The molecule has 1 saturated heterocycles. The van der Waals surface area contributed by atoms with Crippen LogP contribution in [0.15, 0.2) is 24.4 Å². The zero-order valence-corrected chi connectivity index (χ0v) is 10.1. The van der Waals surface area contributed by atoms with E-state index in [9.17, 15) is 9.59 Å². The molecule has 6 nitrogen and oxygen atoms in total. The van der Waals surface area contributed by atoms with Gasteiger partial charge in [-0.25, -0.2) is 9.97 Å². The third-order valence-corrected chi connectivity index (χ3v) is 3.26. The Morgan fingerprint density at radius 1 is 1.32 bits per heavy atom. The number of carbonyl (C=O) groups is 2. The molecule has 19 heavy (non-hydrogen) atoms. The van der Waals surface area contributed by atoms with Crippen molar-refractivity contribution in [2.24, 2.45) is 0 Å². The number of piperidine rings is 1. The van der Waals surface area contributed by atoms with Crippen LogP contribution < -0.4 is 11.1 Å². The number of nitrogens with two attached hydrogens (primary N) is 1. The van der Waals surface area contributed by atoms with E-state index < -0.39 is 0 Å². The van der Waals surface area contributed by atoms with Crippen LogP contribution in [0.5, 0.6) is 0 Å². The first-order chi connectivity index (χ1) is 9.13. The summed E-state index contributed by atoms with van der Waals surface area (Å²) in [5, 5.41) is 3.19. The molecular weight excluding hydrogens is 244 g/mol. The van der Waals surface area contributed by atoms with Crippen LogP contribution in [-0.4, -0.2) is 21.8 Å². The van der Waals surface area contributed by atoms with Crippen molar-refractivity contribution in [2.75, 3.05) is 5.73 Å². The molecule has 2 heterocycles. The molecule has 3 rings (SSSR count). The third kappa shape index (κ3) is 2.12. The lowest BCUT2D eigenvalue weighted by Crippen LogP contribution is -2.39. The molecule has 0 spiro atoms. The molecule has 0 saturated carbocycles. The fraction of sp³-hybridized carbons (Fsp3) is 0.231. The molecule has 1 fully saturated rings. The molecule has 2 amide bonds. The second kappa shape index (κ2) is 4.31. The molecule has 3 N–H and O–H groups in total. The molecule has 1 aromatic heterocycles. The van der Waals surface area contributed by atoms with Crippen LogP contribution >= 0.6 is 0 Å². The van der Waals surface area contributed by atoms with Crippen molar-refractivity contribution in [2.45, 2.75) is 18.8 Å². The van der Waals surface area contributed by atoms with Crippen molar-refractivity contribution in [3.05, 3.63) is 30.0 Å². The number of carbonyl (C=O) groups excluding carboxylic acids is 2. The summed E-state index contributed by atoms with van der Waals surface area (Å²) in [7, 11) is 0. The Hall–Kier alpha value is -2.50. The third-order valence-electron chi connectivity index (χ3n) is 3.26. The standard InChI is InChI=1S/C13H12N4O2/c14-13-15-6-8-5-7(1-3-10(8)16-13)9-2-4-11(18)17-12(9)19/h1,3,5-6,9H,2,4H2,(H2,14,15,16)(H,17,18,19). The lowest BCUT2D eigenvalue weighted by molar-refractivity contribution is -0.134. The van der Waals surface area contributed by atoms with E-state index in [1.807, 2.05) is 18.2 Å². The molecule has 0 bridgehead atoms. The quantitative estimate of drug-likeness (QED) is 0.733. The molecule has 6 heteroatoms. The maximum Gasteiger partial charge on any atom is 0.234 e. The number of fused-ring (bicyclic) bond motifs is 1. The summed E-state index contributed by atoms with van der Waals surface area (Å²) in [6, 6.07) is 5.52. The molecule has 96 valence electrons. The maximum atomic E-state index is 11.8. The van der Waals surface area contributed by atoms with E-state index >= 15 is 0 Å². The number of imide groups is 1. The van der Waals surface area contributed by atoms with Crippen molar-refractivity contribution in [3.8, 4) is 0 Å². The van der Waals surface area contributed by atoms with Gasteiger partial charge in [-0.1, -0.05) is 6.07 Å². The second-order valence-electron chi connectivity index (χ2n) is 4.55. The van der Waals surface area contributed by atoms with Gasteiger partial charge in [-0.3, -0.25) is 14.9 Å². The predicted octanol–water partition coefficient (Wildman–Crippen LogP) is 0.732. The number of hydrogen-bond acceptors (Lipinski definition) is 5. The van der Waals surface area contributed by atoms with Crippen LogP contribution in [0.25, 0.3) is 10.9 Å². The van der Waals surface area contributed by atoms with Crippen LogP contribution in [0.3, 0.4) is 0 Å². The summed E-state index contributed by atoms with van der Waals surface area (Å²) in [6.07, 6.45) is 2.53. The number of hydrogen-bond donors (Lipinski definition) is 2. The zero-order chi connectivity index (χ0) is 13.4. The largest absolute Gasteiger partial charge is 0.368 e. The molecule has 1 unspecified atom stereocenters. The molecule has 1 atom stereocenters. The minimum atomic E-state index is -0.292. The van der Waals surface area contributed by atoms with Gasteiger partial charge in [0, 0.05) is 18.0 Å². The van der Waals surface area contributed by atoms with Crippen molar-refractivity contribution in [3.63, 3.8) is 0 Å². The lowest BCUT2D eigenvalue weighted by Gasteiger charge is -2.21. The fourth-order valence-corrected chi connectivity index (χ4v) is 2.29. The van der Waals surface area contributed by atoms with Crippen LogP contribution in [0.1, 0.15) is 24.3 Å². The molecule has 0 aliphatic carbocycles. The molecule has 1 aromatic carbocycles. The SMILES string of the molecule is Nc1ncc2cc(C3CCC(=O)NC3=O)ccc2n1. The number of rotatable bonds is 1. The Kier molecular flexibility index (Phi) is 2.63. The van der Waals surface area contributed by atoms with Gasteiger partial charge in [0.1, 0.15) is 0 Å². The average Bonchev–Trinajstić information content (AvgIpc) is 2.38. The van der Waals surface area contributed by atoms with E-state index in [0.29, 0.717) is 12.8 Å². The maximum absolute atomic E-state index is 11.8. The number of aromatic nitrogens is 2. The van der Waals surface area contributed by atoms with E-state index in [1.165, 1.54) is 0 Å². The van der Waals surface area contributed by atoms with Crippen LogP contribution in [0, 0.1) is 0 Å². The average molecular weight is 256 g/mol. The van der Waals surface area contributed by atoms with Gasteiger partial charge < -0.3 is 5.73 Å². The Morgan fingerprint density at radius 2 is 2.16 bits per heavy atom. The van der Waals surface area contributed by atoms with Crippen LogP contribution in [0.2, 0.25) is 0 Å². The highest BCUT2D eigenvalue weighted by atomic mass is 16.2. The highest BCUT2D eigenvalue weighted by Gasteiger charge is 2.27. The zero-order valence-electron chi connectivity index (χ0n) is 10.1. The number of nitrogens with one attached hydrogen (secondary N) is 1. The summed E-state index contributed by atoms with van der Waals surface area (Å²) >= 11 is 0. The monoisotopic (exact) mass is 256 g/mol. The Bertz CT molecular complexity index is 683. The number of nitrogen functional groups attached to an aromatic ring is 1. The smallest absolute Gasteiger partial charge is 0.234 e. The summed E-state index contributed by atoms with van der Waals surface area (Å²) in [6.45, 7) is 0. The highest BCUT2D eigenvalue weighted by molar-refractivity contribution is 6.01. The van der Waals surface area contributed by atoms with Crippen molar-refractivity contribution >= 4 is 28.7 Å². The number of anilines is 1. The molecular formula is C13H12N4O2.